The molecule has 1 aromatic carbocycles. The quantitative estimate of drug-likeness (QED) is 0.447. The molecular weight excluding hydrogens is 398 g/mol. The summed E-state index contributed by atoms with van der Waals surface area (Å²) in [6.07, 6.45) is 3.28. The van der Waals surface area contributed by atoms with E-state index in [4.69, 9.17) is 4.74 Å². The number of pyridine rings is 1. The maximum atomic E-state index is 13.2. The number of allylic oxidation sites excluding steroid dienone is 3. The summed E-state index contributed by atoms with van der Waals surface area (Å²) in [6.45, 7) is 1.68. The van der Waals surface area contributed by atoms with Gasteiger partial charge in [0.2, 0.25) is 0 Å². The molecule has 0 fully saturated rings. The molecule has 0 saturated heterocycles. The lowest BCUT2D eigenvalue weighted by Gasteiger charge is -2.33. The van der Waals surface area contributed by atoms with Crippen LogP contribution < -0.4 is 5.32 Å². The molecule has 2 aliphatic rings. The van der Waals surface area contributed by atoms with E-state index in [-0.39, 0.29) is 23.7 Å². The van der Waals surface area contributed by atoms with Crippen LogP contribution in [0.3, 0.4) is 0 Å². The summed E-state index contributed by atoms with van der Waals surface area (Å²) in [5.74, 6) is -1.61. The van der Waals surface area contributed by atoms with Crippen molar-refractivity contribution in [3.63, 3.8) is 0 Å². The number of nitrogens with one attached hydrogen (secondary N) is 1. The van der Waals surface area contributed by atoms with E-state index < -0.39 is 16.8 Å². The van der Waals surface area contributed by atoms with E-state index in [1.165, 1.54) is 6.07 Å². The number of nitro benzene ring substituents is 1. The fraction of sp³-hybridized carbons (Fsp3) is 0.261. The number of carbonyl (C=O) groups excluding carboxylic acids is 2. The Morgan fingerprint density at radius 2 is 2.00 bits per heavy atom. The lowest BCUT2D eigenvalue weighted by molar-refractivity contribution is -0.385. The highest BCUT2D eigenvalue weighted by molar-refractivity contribution is 6.04. The van der Waals surface area contributed by atoms with Crippen LogP contribution >= 0.6 is 0 Å². The molecule has 0 saturated carbocycles. The summed E-state index contributed by atoms with van der Waals surface area (Å²) < 4.78 is 5.50. The highest BCUT2D eigenvalue weighted by Crippen LogP contribution is 2.45. The first kappa shape index (κ1) is 20.5. The van der Waals surface area contributed by atoms with Gasteiger partial charge in [-0.1, -0.05) is 24.3 Å². The van der Waals surface area contributed by atoms with Crippen molar-refractivity contribution in [3.8, 4) is 0 Å². The second kappa shape index (κ2) is 8.51. The first-order valence-electron chi connectivity index (χ1n) is 10.0. The number of ketones is 1. The average molecular weight is 419 g/mol. The van der Waals surface area contributed by atoms with Crippen LogP contribution in [0.2, 0.25) is 0 Å². The van der Waals surface area contributed by atoms with E-state index in [1.807, 2.05) is 0 Å². The van der Waals surface area contributed by atoms with Crippen LogP contribution in [0.15, 0.2) is 71.2 Å². The van der Waals surface area contributed by atoms with Crippen molar-refractivity contribution in [1.82, 2.24) is 10.3 Å². The lowest BCUT2D eigenvalue weighted by Crippen LogP contribution is -2.34. The van der Waals surface area contributed by atoms with Crippen molar-refractivity contribution in [1.29, 1.82) is 0 Å². The zero-order valence-electron chi connectivity index (χ0n) is 17.0. The van der Waals surface area contributed by atoms with Gasteiger partial charge in [0.15, 0.2) is 5.78 Å². The minimum atomic E-state index is -0.859. The van der Waals surface area contributed by atoms with Gasteiger partial charge in [0.25, 0.3) is 5.69 Å². The lowest BCUT2D eigenvalue weighted by atomic mass is 9.75. The molecule has 0 amide bonds. The van der Waals surface area contributed by atoms with Gasteiger partial charge in [-0.25, -0.2) is 4.79 Å². The standard InChI is InChI=1S/C23H21N3O5/c1-14-20(23(28)31-13-15-7-4-5-12-24-15)21(16-8-2-3-10-18(16)26(29)30)22-17(25-14)9-6-11-19(22)27/h2-5,7-8,10,12,21,25H,6,9,11,13H2,1H3. The van der Waals surface area contributed by atoms with Crippen LogP contribution in [0.25, 0.3) is 0 Å². The number of esters is 1. The highest BCUT2D eigenvalue weighted by Gasteiger charge is 2.41. The maximum absolute atomic E-state index is 13.2. The number of rotatable bonds is 5. The molecule has 1 aromatic heterocycles. The van der Waals surface area contributed by atoms with Crippen LogP contribution in [-0.2, 0) is 20.9 Å². The predicted molar refractivity (Wildman–Crippen MR) is 112 cm³/mol. The third kappa shape index (κ3) is 3.96. The number of nitrogens with zero attached hydrogens (tertiary/aromatic N) is 2. The Hall–Kier alpha value is -3.81. The minimum Gasteiger partial charge on any atom is -0.456 e. The van der Waals surface area contributed by atoms with Gasteiger partial charge in [-0.15, -0.1) is 0 Å². The molecule has 8 nitrogen and oxygen atoms in total. The van der Waals surface area contributed by atoms with E-state index in [9.17, 15) is 19.7 Å². The van der Waals surface area contributed by atoms with Crippen molar-refractivity contribution in [3.05, 3.63) is 92.6 Å². The monoisotopic (exact) mass is 419 g/mol. The van der Waals surface area contributed by atoms with Gasteiger partial charge in [0, 0.05) is 41.2 Å². The second-order valence-electron chi connectivity index (χ2n) is 7.48. The summed E-state index contributed by atoms with van der Waals surface area (Å²) in [4.78, 5) is 41.5. The van der Waals surface area contributed by atoms with Crippen LogP contribution in [0.1, 0.15) is 43.4 Å². The summed E-state index contributed by atoms with van der Waals surface area (Å²) in [6, 6.07) is 11.5. The summed E-state index contributed by atoms with van der Waals surface area (Å²) >= 11 is 0. The zero-order chi connectivity index (χ0) is 22.0. The number of aromatic nitrogens is 1. The first-order chi connectivity index (χ1) is 15.0. The molecule has 2 heterocycles. The number of nitro groups is 1. The Kier molecular flexibility index (Phi) is 5.62. The van der Waals surface area contributed by atoms with Gasteiger partial charge in [0.05, 0.1) is 22.1 Å². The van der Waals surface area contributed by atoms with E-state index in [2.05, 4.69) is 10.3 Å². The summed E-state index contributed by atoms with van der Waals surface area (Å²) in [5, 5.41) is 14.9. The smallest absolute Gasteiger partial charge is 0.337 e. The van der Waals surface area contributed by atoms with E-state index in [1.54, 1.807) is 49.5 Å². The van der Waals surface area contributed by atoms with Crippen LogP contribution in [0.4, 0.5) is 5.69 Å². The number of Topliss-reactive ketones (excluding diaryl/α,β-unsaturated/α-hetero) is 1. The van der Waals surface area contributed by atoms with Gasteiger partial charge < -0.3 is 10.1 Å². The fourth-order valence-electron chi connectivity index (χ4n) is 4.16. The molecule has 158 valence electrons. The molecular formula is C23H21N3O5. The van der Waals surface area contributed by atoms with Crippen molar-refractivity contribution < 1.29 is 19.2 Å². The van der Waals surface area contributed by atoms with Gasteiger partial charge in [-0.3, -0.25) is 19.9 Å². The Bertz CT molecular complexity index is 1120. The van der Waals surface area contributed by atoms with E-state index >= 15 is 0 Å². The zero-order valence-corrected chi connectivity index (χ0v) is 17.0. The van der Waals surface area contributed by atoms with Crippen LogP contribution in [0.5, 0.6) is 0 Å². The Morgan fingerprint density at radius 1 is 1.23 bits per heavy atom. The largest absolute Gasteiger partial charge is 0.456 e. The Labute approximate surface area is 178 Å². The minimum absolute atomic E-state index is 0.0418. The SMILES string of the molecule is CC1=C(C(=O)OCc2ccccn2)C(c2ccccc2[N+](=O)[O-])C2=C(CCCC2=O)N1. The molecule has 1 N–H and O–H groups in total. The number of dihydropyridines is 1. The molecule has 2 aromatic rings. The van der Waals surface area contributed by atoms with Crippen molar-refractivity contribution in [2.75, 3.05) is 0 Å². The van der Waals surface area contributed by atoms with Gasteiger partial charge in [-0.2, -0.15) is 0 Å². The summed E-state index contributed by atoms with van der Waals surface area (Å²) in [5.41, 5.74) is 2.62. The molecule has 1 unspecified atom stereocenters. The molecule has 1 atom stereocenters. The number of hydrogen-bond donors (Lipinski definition) is 1. The Balaban J connectivity index is 1.78. The molecule has 8 heteroatoms. The third-order valence-corrected chi connectivity index (χ3v) is 5.52. The van der Waals surface area contributed by atoms with E-state index in [0.717, 1.165) is 5.70 Å². The third-order valence-electron chi connectivity index (χ3n) is 5.52. The van der Waals surface area contributed by atoms with Gasteiger partial charge in [0.1, 0.15) is 6.61 Å². The Morgan fingerprint density at radius 3 is 2.74 bits per heavy atom. The first-order valence-corrected chi connectivity index (χ1v) is 10.0. The number of benzene rings is 1. The van der Waals surface area contributed by atoms with E-state index in [0.29, 0.717) is 41.8 Å². The predicted octanol–water partition coefficient (Wildman–Crippen LogP) is 3.70. The highest BCUT2D eigenvalue weighted by atomic mass is 16.6. The maximum Gasteiger partial charge on any atom is 0.337 e. The van der Waals surface area contributed by atoms with Crippen LogP contribution in [0, 0.1) is 10.1 Å². The molecule has 31 heavy (non-hydrogen) atoms. The van der Waals surface area contributed by atoms with Gasteiger partial charge in [-0.05, 0) is 31.9 Å². The normalized spacial score (nSPS) is 18.4. The summed E-state index contributed by atoms with van der Waals surface area (Å²) in [7, 11) is 0. The van der Waals surface area contributed by atoms with Crippen molar-refractivity contribution in [2.45, 2.75) is 38.7 Å². The molecule has 1 aliphatic carbocycles. The molecule has 1 aliphatic heterocycles. The molecule has 0 bridgehead atoms. The molecule has 4 rings (SSSR count). The average Bonchev–Trinajstić information content (AvgIpc) is 2.77. The van der Waals surface area contributed by atoms with Crippen molar-refractivity contribution >= 4 is 17.4 Å². The second-order valence-corrected chi connectivity index (χ2v) is 7.48. The van der Waals surface area contributed by atoms with Crippen molar-refractivity contribution in [2.24, 2.45) is 0 Å². The molecule has 0 radical (unpaired) electrons. The number of para-hydroxylation sites is 1. The topological polar surface area (TPSA) is 111 Å². The number of ether oxygens (including phenoxy) is 1. The number of carbonyl (C=O) groups is 2. The van der Waals surface area contributed by atoms with Crippen LogP contribution in [-0.4, -0.2) is 21.7 Å². The molecule has 0 spiro atoms. The fourth-order valence-corrected chi connectivity index (χ4v) is 4.16. The number of hydrogen-bond acceptors (Lipinski definition) is 7. The van der Waals surface area contributed by atoms with Gasteiger partial charge >= 0.3 is 5.97 Å².